The Morgan fingerprint density at radius 2 is 1.67 bits per heavy atom. The van der Waals surface area contributed by atoms with Crippen molar-refractivity contribution in [3.8, 4) is 0 Å². The zero-order valence-corrected chi connectivity index (χ0v) is 19.0. The highest BCUT2D eigenvalue weighted by molar-refractivity contribution is 7.89. The molecule has 2 unspecified atom stereocenters. The molecule has 27 heavy (non-hydrogen) atoms. The second kappa shape index (κ2) is 6.04. The number of sulfonamides is 1. The first kappa shape index (κ1) is 21.3. The van der Waals surface area contributed by atoms with E-state index >= 15 is 0 Å². The summed E-state index contributed by atoms with van der Waals surface area (Å²) in [5.74, 6) is 0.722. The van der Waals surface area contributed by atoms with Crippen molar-refractivity contribution >= 4 is 10.0 Å². The third-order valence-electron chi connectivity index (χ3n) is 8.34. The van der Waals surface area contributed by atoms with E-state index in [1.54, 1.807) is 11.4 Å². The fraction of sp³-hybridized carbons (Fsp3) is 0.905. The lowest BCUT2D eigenvalue weighted by atomic mass is 9.69. The van der Waals surface area contributed by atoms with Crippen LogP contribution in [0.1, 0.15) is 73.6 Å². The van der Waals surface area contributed by atoms with Crippen molar-refractivity contribution in [1.82, 2.24) is 9.37 Å². The number of hydrogen-bond donors (Lipinski definition) is 1. The Morgan fingerprint density at radius 3 is 2.07 bits per heavy atom. The van der Waals surface area contributed by atoms with Crippen molar-refractivity contribution in [2.24, 2.45) is 16.7 Å². The van der Waals surface area contributed by atoms with Gasteiger partial charge in [0.1, 0.15) is 0 Å². The first-order chi connectivity index (χ1) is 12.1. The SMILES string of the molecule is C=C1CC2CCC1(CS(=O)(=O)N(C)C1CC(C)(C)N(O)C(C)(C)C1)C2(C)C. The molecule has 2 bridgehead atoms. The fourth-order valence-electron chi connectivity index (χ4n) is 6.45. The van der Waals surface area contributed by atoms with Crippen LogP contribution < -0.4 is 0 Å². The fourth-order valence-corrected chi connectivity index (χ4v) is 8.60. The molecule has 2 saturated carbocycles. The number of rotatable bonds is 4. The van der Waals surface area contributed by atoms with Crippen molar-refractivity contribution in [3.05, 3.63) is 12.2 Å². The number of hydrogen-bond acceptors (Lipinski definition) is 4. The molecule has 2 aliphatic carbocycles. The second-order valence-corrected chi connectivity index (χ2v) is 13.1. The molecule has 0 aromatic rings. The molecule has 1 heterocycles. The van der Waals surface area contributed by atoms with E-state index in [0.29, 0.717) is 18.8 Å². The van der Waals surface area contributed by atoms with Crippen LogP contribution in [0, 0.1) is 16.7 Å². The Kier molecular flexibility index (Phi) is 4.76. The number of fused-ring (bicyclic) bond motifs is 2. The summed E-state index contributed by atoms with van der Waals surface area (Å²) < 4.78 is 28.6. The normalized spacial score (nSPS) is 35.9. The molecule has 3 aliphatic rings. The van der Waals surface area contributed by atoms with E-state index in [1.165, 1.54) is 5.06 Å². The molecule has 1 aliphatic heterocycles. The van der Waals surface area contributed by atoms with E-state index in [1.807, 2.05) is 27.7 Å². The van der Waals surface area contributed by atoms with Gasteiger partial charge in [-0.1, -0.05) is 26.0 Å². The standard InChI is InChI=1S/C21H38N2O3S/c1-15-11-16-9-10-21(15,20(16,6)7)14-27(25,26)22(8)17-12-18(2,3)23(24)19(4,5)13-17/h16-17,24H,1,9-14H2,2-8H3. The molecule has 156 valence electrons. The predicted molar refractivity (Wildman–Crippen MR) is 109 cm³/mol. The number of nitrogens with zero attached hydrogens (tertiary/aromatic N) is 2. The second-order valence-electron chi connectivity index (χ2n) is 11.1. The summed E-state index contributed by atoms with van der Waals surface area (Å²) in [7, 11) is -1.71. The molecule has 1 N–H and O–H groups in total. The van der Waals surface area contributed by atoms with Gasteiger partial charge in [-0.3, -0.25) is 0 Å². The predicted octanol–water partition coefficient (Wildman–Crippen LogP) is 4.04. The van der Waals surface area contributed by atoms with Crippen LogP contribution in [0.15, 0.2) is 12.2 Å². The van der Waals surface area contributed by atoms with Crippen LogP contribution in [0.5, 0.6) is 0 Å². The minimum absolute atomic E-state index is 0.00893. The highest BCUT2D eigenvalue weighted by atomic mass is 32.2. The molecule has 0 amide bonds. The first-order valence-electron chi connectivity index (χ1n) is 10.2. The molecule has 0 radical (unpaired) electrons. The van der Waals surface area contributed by atoms with E-state index in [0.717, 1.165) is 24.8 Å². The largest absolute Gasteiger partial charge is 0.313 e. The Bertz CT molecular complexity index is 723. The summed E-state index contributed by atoms with van der Waals surface area (Å²) in [6.07, 6.45) is 4.23. The molecular weight excluding hydrogens is 360 g/mol. The smallest absolute Gasteiger partial charge is 0.214 e. The Morgan fingerprint density at radius 1 is 1.15 bits per heavy atom. The lowest BCUT2D eigenvalue weighted by Crippen LogP contribution is -2.63. The third kappa shape index (κ3) is 3.02. The summed E-state index contributed by atoms with van der Waals surface area (Å²) >= 11 is 0. The molecule has 3 fully saturated rings. The lowest BCUT2D eigenvalue weighted by Gasteiger charge is -2.53. The molecule has 6 heteroatoms. The van der Waals surface area contributed by atoms with Crippen LogP contribution in [0.4, 0.5) is 0 Å². The van der Waals surface area contributed by atoms with Crippen LogP contribution in [0.3, 0.4) is 0 Å². The van der Waals surface area contributed by atoms with Crippen LogP contribution in [0.2, 0.25) is 0 Å². The first-order valence-corrected chi connectivity index (χ1v) is 11.8. The van der Waals surface area contributed by atoms with Crippen molar-refractivity contribution in [2.75, 3.05) is 12.8 Å². The maximum atomic E-state index is 13.5. The van der Waals surface area contributed by atoms with Gasteiger partial charge in [0, 0.05) is 29.6 Å². The minimum Gasteiger partial charge on any atom is -0.313 e. The maximum absolute atomic E-state index is 13.5. The molecule has 3 rings (SSSR count). The van der Waals surface area contributed by atoms with Gasteiger partial charge in [-0.15, -0.1) is 0 Å². The van der Waals surface area contributed by atoms with Crippen LogP contribution in [-0.2, 0) is 10.0 Å². The van der Waals surface area contributed by atoms with E-state index in [-0.39, 0.29) is 22.6 Å². The van der Waals surface area contributed by atoms with Gasteiger partial charge in [0.25, 0.3) is 0 Å². The maximum Gasteiger partial charge on any atom is 0.214 e. The Labute approximate surface area is 165 Å². The van der Waals surface area contributed by atoms with Crippen molar-refractivity contribution in [3.63, 3.8) is 0 Å². The van der Waals surface area contributed by atoms with Gasteiger partial charge in [-0.2, -0.15) is 5.06 Å². The summed E-state index contributed by atoms with van der Waals surface area (Å²) in [5, 5.41) is 11.9. The molecule has 2 atom stereocenters. The molecule has 0 aromatic carbocycles. The Balaban J connectivity index is 1.87. The van der Waals surface area contributed by atoms with E-state index < -0.39 is 21.1 Å². The van der Waals surface area contributed by atoms with Gasteiger partial charge in [-0.25, -0.2) is 12.7 Å². The van der Waals surface area contributed by atoms with Gasteiger partial charge in [0.15, 0.2) is 0 Å². The van der Waals surface area contributed by atoms with E-state index in [4.69, 9.17) is 0 Å². The summed E-state index contributed by atoms with van der Waals surface area (Å²) in [5.41, 5.74) is -0.114. The van der Waals surface area contributed by atoms with Crippen molar-refractivity contribution < 1.29 is 13.6 Å². The van der Waals surface area contributed by atoms with Crippen molar-refractivity contribution in [2.45, 2.75) is 90.8 Å². The topological polar surface area (TPSA) is 60.9 Å². The van der Waals surface area contributed by atoms with E-state index in [9.17, 15) is 13.6 Å². The molecule has 0 spiro atoms. The Hall–Kier alpha value is -0.430. The van der Waals surface area contributed by atoms with Crippen LogP contribution >= 0.6 is 0 Å². The minimum atomic E-state index is -3.44. The molecule has 1 saturated heterocycles. The summed E-state index contributed by atoms with van der Waals surface area (Å²) in [6.45, 7) is 16.7. The number of hydroxylamine groups is 2. The highest BCUT2D eigenvalue weighted by Crippen LogP contribution is 2.68. The average Bonchev–Trinajstić information content (AvgIpc) is 2.85. The van der Waals surface area contributed by atoms with Gasteiger partial charge in [-0.05, 0) is 71.1 Å². The molecular formula is C21H38N2O3S. The van der Waals surface area contributed by atoms with Crippen LogP contribution in [0.25, 0.3) is 0 Å². The quantitative estimate of drug-likeness (QED) is 0.726. The van der Waals surface area contributed by atoms with Gasteiger partial charge in [0.2, 0.25) is 10.0 Å². The van der Waals surface area contributed by atoms with Gasteiger partial charge < -0.3 is 5.21 Å². The lowest BCUT2D eigenvalue weighted by molar-refractivity contribution is -0.249. The highest BCUT2D eigenvalue weighted by Gasteiger charge is 2.62. The zero-order chi connectivity index (χ0) is 20.6. The van der Waals surface area contributed by atoms with Gasteiger partial charge in [0.05, 0.1) is 5.75 Å². The van der Waals surface area contributed by atoms with Gasteiger partial charge >= 0.3 is 0 Å². The molecule has 0 aromatic heterocycles. The monoisotopic (exact) mass is 398 g/mol. The van der Waals surface area contributed by atoms with Crippen molar-refractivity contribution in [1.29, 1.82) is 0 Å². The number of allylic oxidation sites excluding steroid dienone is 1. The number of piperidine rings is 1. The zero-order valence-electron chi connectivity index (χ0n) is 18.2. The third-order valence-corrected chi connectivity index (χ3v) is 10.4. The van der Waals surface area contributed by atoms with E-state index in [2.05, 4.69) is 20.4 Å². The average molecular weight is 399 g/mol. The summed E-state index contributed by atoms with van der Waals surface area (Å²) in [6, 6.07) is -0.116. The van der Waals surface area contributed by atoms with Crippen LogP contribution in [-0.4, -0.2) is 52.9 Å². The molecule has 5 nitrogen and oxygen atoms in total. The summed E-state index contributed by atoms with van der Waals surface area (Å²) in [4.78, 5) is 0.